The van der Waals surface area contributed by atoms with Gasteiger partial charge in [0.2, 0.25) is 0 Å². The zero-order valence-corrected chi connectivity index (χ0v) is 18.9. The number of amides is 2. The van der Waals surface area contributed by atoms with Crippen molar-refractivity contribution in [2.24, 2.45) is 0 Å². The third-order valence-electron chi connectivity index (χ3n) is 4.93. The Labute approximate surface area is 200 Å². The molecule has 0 atom stereocenters. The van der Waals surface area contributed by atoms with Gasteiger partial charge in [-0.25, -0.2) is 0 Å². The first kappa shape index (κ1) is 22.0. The summed E-state index contributed by atoms with van der Waals surface area (Å²) in [5, 5.41) is 11.0. The summed E-state index contributed by atoms with van der Waals surface area (Å²) in [5.41, 5.74) is 1.35. The van der Waals surface area contributed by atoms with E-state index in [0.717, 1.165) is 0 Å². The smallest absolute Gasteiger partial charge is 0.270 e. The Hall–Kier alpha value is -3.19. The van der Waals surface area contributed by atoms with E-state index in [2.05, 4.69) is 0 Å². The highest BCUT2D eigenvalue weighted by Crippen LogP contribution is 2.30. The van der Waals surface area contributed by atoms with Gasteiger partial charge in [0.25, 0.3) is 11.8 Å². The number of para-hydroxylation sites is 2. The lowest BCUT2D eigenvalue weighted by atomic mass is 10.0. The van der Waals surface area contributed by atoms with Crippen LogP contribution in [0.2, 0.25) is 10.0 Å². The van der Waals surface area contributed by atoms with Gasteiger partial charge in [0.1, 0.15) is 11.3 Å². The topological polar surface area (TPSA) is 60.9 Å². The number of aromatic hydroxyl groups is 1. The van der Waals surface area contributed by atoms with Crippen LogP contribution in [0.15, 0.2) is 78.4 Å². The van der Waals surface area contributed by atoms with E-state index >= 15 is 0 Å². The van der Waals surface area contributed by atoms with Gasteiger partial charge >= 0.3 is 0 Å². The fourth-order valence-electron chi connectivity index (χ4n) is 3.30. The number of nitrogens with zero attached hydrogens (tertiary/aromatic N) is 2. The molecule has 0 saturated carbocycles. The fraction of sp³-hybridized carbons (Fsp3) is 0.0417. The molecule has 160 valence electrons. The summed E-state index contributed by atoms with van der Waals surface area (Å²) in [6, 6.07) is 20.2. The molecular formula is C24H16Cl2N2O3S. The second kappa shape index (κ2) is 9.12. The molecule has 3 aromatic rings. The summed E-state index contributed by atoms with van der Waals surface area (Å²) in [7, 11) is 0. The molecule has 1 saturated heterocycles. The highest BCUT2D eigenvalue weighted by Gasteiger charge is 2.40. The van der Waals surface area contributed by atoms with E-state index in [9.17, 15) is 14.7 Å². The van der Waals surface area contributed by atoms with Crippen molar-refractivity contribution in [1.82, 2.24) is 4.90 Å². The number of phenolic OH excluding ortho intramolecular Hbond substituents is 1. The van der Waals surface area contributed by atoms with Gasteiger partial charge in [-0.05, 0) is 54.2 Å². The number of benzene rings is 3. The summed E-state index contributed by atoms with van der Waals surface area (Å²) < 4.78 is 0. The average molecular weight is 483 g/mol. The van der Waals surface area contributed by atoms with E-state index in [0.29, 0.717) is 26.9 Å². The van der Waals surface area contributed by atoms with Gasteiger partial charge in [-0.15, -0.1) is 0 Å². The minimum absolute atomic E-state index is 0.0339. The molecule has 3 aromatic carbocycles. The van der Waals surface area contributed by atoms with E-state index < -0.39 is 11.8 Å². The van der Waals surface area contributed by atoms with Crippen LogP contribution in [0.5, 0.6) is 5.75 Å². The molecule has 4 rings (SSSR count). The first-order valence-corrected chi connectivity index (χ1v) is 10.7. The quantitative estimate of drug-likeness (QED) is 0.305. The number of hydrogen-bond acceptors (Lipinski definition) is 4. The molecule has 0 unspecified atom stereocenters. The minimum Gasteiger partial charge on any atom is -0.507 e. The number of hydrogen-bond donors (Lipinski definition) is 1. The lowest BCUT2D eigenvalue weighted by Gasteiger charge is -2.36. The van der Waals surface area contributed by atoms with Crippen molar-refractivity contribution in [2.45, 2.75) is 6.54 Å². The molecule has 8 heteroatoms. The summed E-state index contributed by atoms with van der Waals surface area (Å²) in [5.74, 6) is -1.21. The van der Waals surface area contributed by atoms with Crippen LogP contribution in [0.25, 0.3) is 6.08 Å². The molecule has 32 heavy (non-hydrogen) atoms. The molecule has 1 heterocycles. The molecule has 1 N–H and O–H groups in total. The number of anilines is 1. The third-order valence-corrected chi connectivity index (χ3v) is 5.92. The molecule has 0 aliphatic carbocycles. The van der Waals surface area contributed by atoms with Crippen LogP contribution in [-0.2, 0) is 16.1 Å². The van der Waals surface area contributed by atoms with Gasteiger partial charge in [-0.3, -0.25) is 19.4 Å². The van der Waals surface area contributed by atoms with E-state index in [1.807, 2.05) is 6.07 Å². The van der Waals surface area contributed by atoms with Crippen molar-refractivity contribution in [2.75, 3.05) is 4.90 Å². The van der Waals surface area contributed by atoms with Crippen LogP contribution in [-0.4, -0.2) is 26.9 Å². The van der Waals surface area contributed by atoms with Gasteiger partial charge in [0.15, 0.2) is 5.11 Å². The SMILES string of the molecule is O=C1/C(=C/c2ccccc2O)C(=O)N(c2ccccc2)C(=S)N1Cc1ccc(Cl)cc1Cl. The molecule has 2 amide bonds. The first-order chi connectivity index (χ1) is 15.4. The highest BCUT2D eigenvalue weighted by atomic mass is 35.5. The molecule has 1 aliphatic heterocycles. The van der Waals surface area contributed by atoms with Crippen molar-refractivity contribution in [1.29, 1.82) is 0 Å². The highest BCUT2D eigenvalue weighted by molar-refractivity contribution is 7.80. The maximum absolute atomic E-state index is 13.4. The van der Waals surface area contributed by atoms with Gasteiger partial charge in [-0.1, -0.05) is 65.7 Å². The van der Waals surface area contributed by atoms with Crippen LogP contribution >= 0.6 is 35.4 Å². The maximum Gasteiger partial charge on any atom is 0.270 e. The predicted octanol–water partition coefficient (Wildman–Crippen LogP) is 5.44. The van der Waals surface area contributed by atoms with Crippen LogP contribution in [0.3, 0.4) is 0 Å². The predicted molar refractivity (Wildman–Crippen MR) is 130 cm³/mol. The van der Waals surface area contributed by atoms with E-state index in [1.165, 1.54) is 21.9 Å². The van der Waals surface area contributed by atoms with Crippen LogP contribution < -0.4 is 4.90 Å². The molecule has 5 nitrogen and oxygen atoms in total. The standard InChI is InChI=1S/C24H16Cl2N2O3S/c25-17-11-10-16(20(26)13-17)14-27-22(30)19(12-15-6-4-5-9-21(15)29)23(31)28(24(27)32)18-7-2-1-3-8-18/h1-13,29H,14H2/b19-12-. The number of phenols is 1. The maximum atomic E-state index is 13.4. The Morgan fingerprint density at radius 3 is 2.28 bits per heavy atom. The van der Waals surface area contributed by atoms with Crippen molar-refractivity contribution in [3.05, 3.63) is 99.5 Å². The molecular weight excluding hydrogens is 467 g/mol. The molecule has 1 fully saturated rings. The Morgan fingerprint density at radius 1 is 0.906 bits per heavy atom. The monoisotopic (exact) mass is 482 g/mol. The van der Waals surface area contributed by atoms with Crippen molar-refractivity contribution >= 4 is 64.1 Å². The van der Waals surface area contributed by atoms with Crippen LogP contribution in [0.4, 0.5) is 5.69 Å². The van der Waals surface area contributed by atoms with E-state index in [1.54, 1.807) is 60.7 Å². The zero-order chi connectivity index (χ0) is 22.8. The normalized spacial score (nSPS) is 15.6. The number of carbonyl (C=O) groups is 2. The molecule has 1 aliphatic rings. The van der Waals surface area contributed by atoms with E-state index in [4.69, 9.17) is 35.4 Å². The zero-order valence-electron chi connectivity index (χ0n) is 16.5. The third kappa shape index (κ3) is 4.25. The minimum atomic E-state index is -0.582. The first-order valence-electron chi connectivity index (χ1n) is 9.56. The number of halogens is 2. The molecule has 0 bridgehead atoms. The van der Waals surface area contributed by atoms with Crippen molar-refractivity contribution in [3.63, 3.8) is 0 Å². The van der Waals surface area contributed by atoms with Gasteiger partial charge in [0, 0.05) is 15.6 Å². The molecule has 0 aromatic heterocycles. The molecule has 0 spiro atoms. The second-order valence-corrected chi connectivity index (χ2v) is 8.21. The summed E-state index contributed by atoms with van der Waals surface area (Å²) in [4.78, 5) is 29.4. The summed E-state index contributed by atoms with van der Waals surface area (Å²) in [6.45, 7) is 0.0440. The van der Waals surface area contributed by atoms with Gasteiger partial charge in [-0.2, -0.15) is 0 Å². The largest absolute Gasteiger partial charge is 0.507 e. The second-order valence-electron chi connectivity index (χ2n) is 7.00. The number of thiocarbonyl (C=S) groups is 1. The Bertz CT molecular complexity index is 1260. The number of rotatable bonds is 4. The fourth-order valence-corrected chi connectivity index (χ4v) is 4.11. The molecule has 0 radical (unpaired) electrons. The van der Waals surface area contributed by atoms with E-state index in [-0.39, 0.29) is 23.0 Å². The summed E-state index contributed by atoms with van der Waals surface area (Å²) >= 11 is 17.9. The van der Waals surface area contributed by atoms with Gasteiger partial charge < -0.3 is 5.11 Å². The lowest BCUT2D eigenvalue weighted by Crippen LogP contribution is -2.56. The van der Waals surface area contributed by atoms with Crippen LogP contribution in [0, 0.1) is 0 Å². The van der Waals surface area contributed by atoms with Crippen LogP contribution in [0.1, 0.15) is 11.1 Å². The van der Waals surface area contributed by atoms with Gasteiger partial charge in [0.05, 0.1) is 12.2 Å². The van der Waals surface area contributed by atoms with Crippen molar-refractivity contribution in [3.8, 4) is 5.75 Å². The Kier molecular flexibility index (Phi) is 6.28. The Balaban J connectivity index is 1.82. The lowest BCUT2D eigenvalue weighted by molar-refractivity contribution is -0.128. The number of carbonyl (C=O) groups excluding carboxylic acids is 2. The average Bonchev–Trinajstić information content (AvgIpc) is 2.77. The summed E-state index contributed by atoms with van der Waals surface area (Å²) in [6.07, 6.45) is 1.37. The Morgan fingerprint density at radius 2 is 1.59 bits per heavy atom. The van der Waals surface area contributed by atoms with Crippen molar-refractivity contribution < 1.29 is 14.7 Å².